The fourth-order valence-corrected chi connectivity index (χ4v) is 2.64. The van der Waals surface area contributed by atoms with Crippen LogP contribution < -0.4 is 15.5 Å². The van der Waals surface area contributed by atoms with E-state index < -0.39 is 5.60 Å². The summed E-state index contributed by atoms with van der Waals surface area (Å²) in [5, 5.41) is 16.9. The molecule has 1 heterocycles. The topological polar surface area (TPSA) is 73.0 Å². The summed E-state index contributed by atoms with van der Waals surface area (Å²) in [4.78, 5) is 6.33. The summed E-state index contributed by atoms with van der Waals surface area (Å²) < 4.78 is 19.1. The lowest BCUT2D eigenvalue weighted by molar-refractivity contribution is 0.0437. The average Bonchev–Trinajstić information content (AvgIpc) is 3.19. The van der Waals surface area contributed by atoms with Crippen molar-refractivity contribution in [1.29, 1.82) is 0 Å². The van der Waals surface area contributed by atoms with Crippen molar-refractivity contribution in [3.63, 3.8) is 0 Å². The van der Waals surface area contributed by atoms with Crippen molar-refractivity contribution in [3.8, 4) is 0 Å². The summed E-state index contributed by atoms with van der Waals surface area (Å²) in [6.07, 6.45) is 2.34. The number of hydrogen-bond acceptors (Lipinski definition) is 4. The molecule has 0 saturated heterocycles. The first-order chi connectivity index (χ1) is 12.9. The van der Waals surface area contributed by atoms with Gasteiger partial charge in [0, 0.05) is 26.7 Å². The molecule has 0 saturated carbocycles. The number of hydrogen-bond donors (Lipinski definition) is 3. The zero-order valence-corrected chi connectivity index (χ0v) is 18.9. The van der Waals surface area contributed by atoms with Crippen LogP contribution >= 0.6 is 24.0 Å². The van der Waals surface area contributed by atoms with Crippen molar-refractivity contribution in [2.45, 2.75) is 25.9 Å². The molecule has 0 fully saturated rings. The smallest absolute Gasteiger partial charge is 0.191 e. The molecule has 3 N–H and O–H groups in total. The number of nitrogens with zero attached hydrogens (tertiary/aromatic N) is 2. The third kappa shape index (κ3) is 7.31. The minimum absolute atomic E-state index is 0. The number of benzene rings is 1. The summed E-state index contributed by atoms with van der Waals surface area (Å²) in [5.74, 6) is 0.884. The maximum absolute atomic E-state index is 13.8. The molecule has 0 amide bonds. The number of aliphatic hydroxyl groups is 1. The zero-order chi connectivity index (χ0) is 19.7. The third-order valence-corrected chi connectivity index (χ3v) is 4.17. The van der Waals surface area contributed by atoms with Crippen LogP contribution in [0.2, 0.25) is 0 Å². The van der Waals surface area contributed by atoms with E-state index in [-0.39, 0.29) is 36.3 Å². The molecule has 0 radical (unpaired) electrons. The Hall–Kier alpha value is -1.81. The van der Waals surface area contributed by atoms with Gasteiger partial charge in [-0.2, -0.15) is 0 Å². The lowest BCUT2D eigenvalue weighted by Crippen LogP contribution is -2.40. The molecular formula is C20H30FIN4O2. The van der Waals surface area contributed by atoms with Gasteiger partial charge in [-0.1, -0.05) is 12.1 Å². The molecule has 28 heavy (non-hydrogen) atoms. The van der Waals surface area contributed by atoms with Gasteiger partial charge in [0.05, 0.1) is 18.5 Å². The monoisotopic (exact) mass is 504 g/mol. The first-order valence-electron chi connectivity index (χ1n) is 9.18. The van der Waals surface area contributed by atoms with Gasteiger partial charge in [0.1, 0.15) is 17.2 Å². The maximum Gasteiger partial charge on any atom is 0.191 e. The van der Waals surface area contributed by atoms with Crippen LogP contribution in [-0.2, 0) is 5.60 Å². The standard InChI is InChI=1S/C20H29FN4O2.HI/c1-4-22-19(24-15-20(2,26)18-11-7-14-27-18)23-12-8-13-25(3)17-10-6-5-9-16(17)21;/h5-7,9-11,14,26H,4,8,12-13,15H2,1-3H3,(H2,22,23,24);1H. The van der Waals surface area contributed by atoms with E-state index in [4.69, 9.17) is 4.42 Å². The van der Waals surface area contributed by atoms with Gasteiger partial charge in [0.25, 0.3) is 0 Å². The van der Waals surface area contributed by atoms with Gasteiger partial charge in [-0.15, -0.1) is 24.0 Å². The van der Waals surface area contributed by atoms with Crippen LogP contribution in [0.1, 0.15) is 26.0 Å². The Bertz CT molecular complexity index is 723. The number of furan rings is 1. The molecular weight excluding hydrogens is 474 g/mol. The van der Waals surface area contributed by atoms with Crippen LogP contribution in [0.15, 0.2) is 52.1 Å². The van der Waals surface area contributed by atoms with Crippen LogP contribution in [-0.4, -0.2) is 44.3 Å². The molecule has 156 valence electrons. The molecule has 0 spiro atoms. The van der Waals surface area contributed by atoms with Crippen molar-refractivity contribution in [3.05, 3.63) is 54.2 Å². The second-order valence-electron chi connectivity index (χ2n) is 6.60. The molecule has 1 atom stereocenters. The van der Waals surface area contributed by atoms with E-state index in [1.807, 2.05) is 24.9 Å². The highest BCUT2D eigenvalue weighted by Gasteiger charge is 2.26. The first kappa shape index (κ1) is 24.2. The minimum atomic E-state index is -1.17. The molecule has 2 rings (SSSR count). The second-order valence-corrected chi connectivity index (χ2v) is 6.60. The highest BCUT2D eigenvalue weighted by Crippen LogP contribution is 2.21. The molecule has 6 nitrogen and oxygen atoms in total. The number of halogens is 2. The number of nitrogens with one attached hydrogen (secondary N) is 2. The second kappa shape index (κ2) is 11.9. The minimum Gasteiger partial charge on any atom is -0.466 e. The molecule has 1 aromatic carbocycles. The first-order valence-corrected chi connectivity index (χ1v) is 9.18. The molecule has 1 aromatic heterocycles. The van der Waals surface area contributed by atoms with Crippen molar-refractivity contribution in [1.82, 2.24) is 10.6 Å². The molecule has 0 aliphatic heterocycles. The largest absolute Gasteiger partial charge is 0.466 e. The normalized spacial score (nSPS) is 13.4. The van der Waals surface area contributed by atoms with Crippen molar-refractivity contribution < 1.29 is 13.9 Å². The quantitative estimate of drug-likeness (QED) is 0.212. The molecule has 0 aliphatic rings. The Morgan fingerprint density at radius 2 is 2.00 bits per heavy atom. The number of aliphatic imine (C=N–C) groups is 1. The molecule has 0 bridgehead atoms. The third-order valence-electron chi connectivity index (χ3n) is 4.17. The van der Waals surface area contributed by atoms with E-state index in [1.165, 1.54) is 12.3 Å². The van der Waals surface area contributed by atoms with Gasteiger partial charge in [-0.05, 0) is 44.5 Å². The summed E-state index contributed by atoms with van der Waals surface area (Å²) >= 11 is 0. The summed E-state index contributed by atoms with van der Waals surface area (Å²) in [6.45, 7) is 5.91. The predicted octanol–water partition coefficient (Wildman–Crippen LogP) is 3.33. The number of rotatable bonds is 9. The molecule has 8 heteroatoms. The highest BCUT2D eigenvalue weighted by molar-refractivity contribution is 14.0. The van der Waals surface area contributed by atoms with Crippen molar-refractivity contribution in [2.24, 2.45) is 4.99 Å². The number of para-hydroxylation sites is 1. The maximum atomic E-state index is 13.8. The van der Waals surface area contributed by atoms with Crippen LogP contribution in [0.25, 0.3) is 0 Å². The Balaban J connectivity index is 0.00000392. The average molecular weight is 504 g/mol. The van der Waals surface area contributed by atoms with E-state index in [0.717, 1.165) is 6.42 Å². The summed E-state index contributed by atoms with van der Waals surface area (Å²) in [6, 6.07) is 10.2. The summed E-state index contributed by atoms with van der Waals surface area (Å²) in [7, 11) is 1.87. The SMILES string of the molecule is CCNC(=NCC(C)(O)c1ccco1)NCCCN(C)c1ccccc1F.I. The molecule has 1 unspecified atom stereocenters. The van der Waals surface area contributed by atoms with Crippen LogP contribution in [0.5, 0.6) is 0 Å². The van der Waals surface area contributed by atoms with E-state index in [2.05, 4.69) is 15.6 Å². The summed E-state index contributed by atoms with van der Waals surface area (Å²) in [5.41, 5.74) is -0.579. The number of guanidine groups is 1. The fourth-order valence-electron chi connectivity index (χ4n) is 2.64. The number of anilines is 1. The lowest BCUT2D eigenvalue weighted by Gasteiger charge is -2.21. The zero-order valence-electron chi connectivity index (χ0n) is 16.6. The van der Waals surface area contributed by atoms with Crippen molar-refractivity contribution >= 4 is 35.6 Å². The van der Waals surface area contributed by atoms with E-state index in [1.54, 1.807) is 31.2 Å². The van der Waals surface area contributed by atoms with Gasteiger partial charge in [0.15, 0.2) is 5.96 Å². The van der Waals surface area contributed by atoms with Crippen LogP contribution in [0.4, 0.5) is 10.1 Å². The van der Waals surface area contributed by atoms with Crippen molar-refractivity contribution in [2.75, 3.05) is 38.1 Å². The predicted molar refractivity (Wildman–Crippen MR) is 122 cm³/mol. The van der Waals surface area contributed by atoms with Gasteiger partial charge in [-0.3, -0.25) is 0 Å². The Kier molecular flexibility index (Phi) is 10.3. The van der Waals surface area contributed by atoms with E-state index in [9.17, 15) is 9.50 Å². The Labute approximate surface area is 183 Å². The fraction of sp³-hybridized carbons (Fsp3) is 0.450. The molecule has 0 aliphatic carbocycles. The Morgan fingerprint density at radius 3 is 2.64 bits per heavy atom. The van der Waals surface area contributed by atoms with E-state index in [0.29, 0.717) is 37.0 Å². The van der Waals surface area contributed by atoms with Gasteiger partial charge in [0.2, 0.25) is 0 Å². The lowest BCUT2D eigenvalue weighted by atomic mass is 10.0. The van der Waals surface area contributed by atoms with Crippen LogP contribution in [0, 0.1) is 5.82 Å². The van der Waals surface area contributed by atoms with E-state index >= 15 is 0 Å². The van der Waals surface area contributed by atoms with Gasteiger partial charge in [-0.25, -0.2) is 9.38 Å². The highest BCUT2D eigenvalue weighted by atomic mass is 127. The Morgan fingerprint density at radius 1 is 1.25 bits per heavy atom. The van der Waals surface area contributed by atoms with Gasteiger partial charge >= 0.3 is 0 Å². The molecule has 2 aromatic rings. The van der Waals surface area contributed by atoms with Crippen LogP contribution in [0.3, 0.4) is 0 Å². The van der Waals surface area contributed by atoms with Gasteiger partial charge < -0.3 is 25.1 Å².